The molecule has 1 aromatic carbocycles. The minimum Gasteiger partial charge on any atom is -0.462 e. The average molecular weight is 313 g/mol. The van der Waals surface area contributed by atoms with Crippen LogP contribution < -0.4 is 0 Å². The number of hydrogen-bond acceptors (Lipinski definition) is 5. The molecule has 0 amide bonds. The maximum Gasteiger partial charge on any atom is 0.339 e. The van der Waals surface area contributed by atoms with Gasteiger partial charge in [0.05, 0.1) is 17.1 Å². The molecule has 7 heteroatoms. The van der Waals surface area contributed by atoms with E-state index in [1.807, 2.05) is 0 Å². The maximum atomic E-state index is 11.7. The third-order valence-electron chi connectivity index (χ3n) is 2.14. The highest BCUT2D eigenvalue weighted by molar-refractivity contribution is 9.08. The van der Waals surface area contributed by atoms with Crippen molar-refractivity contribution in [1.29, 1.82) is 5.26 Å². The van der Waals surface area contributed by atoms with Gasteiger partial charge in [0.2, 0.25) is 0 Å². The number of halogens is 1. The lowest BCUT2D eigenvalue weighted by atomic mass is 10.0. The van der Waals surface area contributed by atoms with E-state index >= 15 is 0 Å². The Bertz CT molecular complexity index is 537. The Morgan fingerprint density at radius 3 is 2.72 bits per heavy atom. The van der Waals surface area contributed by atoms with Crippen molar-refractivity contribution in [3.8, 4) is 6.07 Å². The first-order chi connectivity index (χ1) is 8.54. The second-order valence-corrected chi connectivity index (χ2v) is 3.82. The molecule has 0 aromatic heterocycles. The summed E-state index contributed by atoms with van der Waals surface area (Å²) in [4.78, 5) is 21.8. The van der Waals surface area contributed by atoms with Gasteiger partial charge in [0.1, 0.15) is 11.6 Å². The first-order valence-electron chi connectivity index (χ1n) is 4.99. The van der Waals surface area contributed by atoms with Crippen LogP contribution in [0.2, 0.25) is 0 Å². The smallest absolute Gasteiger partial charge is 0.339 e. The fourth-order valence-corrected chi connectivity index (χ4v) is 1.72. The minimum absolute atomic E-state index is 0.0806. The molecule has 1 aromatic rings. The summed E-state index contributed by atoms with van der Waals surface area (Å²) >= 11 is 3.15. The quantitative estimate of drug-likeness (QED) is 0.368. The molecule has 0 aliphatic rings. The summed E-state index contributed by atoms with van der Waals surface area (Å²) in [6.07, 6.45) is 0. The summed E-state index contributed by atoms with van der Waals surface area (Å²) in [5.74, 6) is -0.736. The Balaban J connectivity index is 3.48. The van der Waals surface area contributed by atoms with Crippen molar-refractivity contribution in [2.45, 2.75) is 12.3 Å². The lowest BCUT2D eigenvalue weighted by Crippen LogP contribution is -2.09. The molecule has 0 saturated carbocycles. The van der Waals surface area contributed by atoms with Crippen LogP contribution in [0.15, 0.2) is 12.1 Å². The first kappa shape index (κ1) is 14.1. The van der Waals surface area contributed by atoms with Crippen molar-refractivity contribution in [2.24, 2.45) is 0 Å². The van der Waals surface area contributed by atoms with Crippen LogP contribution in [-0.4, -0.2) is 17.5 Å². The van der Waals surface area contributed by atoms with Crippen molar-refractivity contribution >= 4 is 27.6 Å². The van der Waals surface area contributed by atoms with Gasteiger partial charge in [0.25, 0.3) is 5.69 Å². The van der Waals surface area contributed by atoms with Crippen LogP contribution in [0.5, 0.6) is 0 Å². The molecule has 0 aliphatic heterocycles. The number of rotatable bonds is 4. The van der Waals surface area contributed by atoms with E-state index in [1.165, 1.54) is 12.1 Å². The van der Waals surface area contributed by atoms with Crippen molar-refractivity contribution in [2.75, 3.05) is 6.61 Å². The van der Waals surface area contributed by atoms with E-state index in [0.717, 1.165) is 0 Å². The Hall–Kier alpha value is -1.94. The standard InChI is InChI=1S/C11H9BrN2O4/c1-2-18-11(15)8-3-7(5-12)4-10(14(16)17)9(8)6-13/h3-4H,2,5H2,1H3. The highest BCUT2D eigenvalue weighted by Gasteiger charge is 2.24. The molecule has 0 fully saturated rings. The number of nitro groups is 1. The Morgan fingerprint density at radius 1 is 1.61 bits per heavy atom. The van der Waals surface area contributed by atoms with Crippen LogP contribution in [0.25, 0.3) is 0 Å². The molecular formula is C11H9BrN2O4. The normalized spacial score (nSPS) is 9.61. The zero-order chi connectivity index (χ0) is 13.7. The number of carbonyl (C=O) groups excluding carboxylic acids is 1. The average Bonchev–Trinajstić information content (AvgIpc) is 2.37. The first-order valence-corrected chi connectivity index (χ1v) is 6.11. The van der Waals surface area contributed by atoms with Gasteiger partial charge in [-0.15, -0.1) is 0 Å². The number of hydrogen-bond donors (Lipinski definition) is 0. The summed E-state index contributed by atoms with van der Waals surface area (Å²) in [5.41, 5.74) is -0.215. The van der Waals surface area contributed by atoms with Gasteiger partial charge < -0.3 is 4.74 Å². The van der Waals surface area contributed by atoms with Gasteiger partial charge in [0, 0.05) is 11.4 Å². The number of benzene rings is 1. The molecule has 0 spiro atoms. The summed E-state index contributed by atoms with van der Waals surface area (Å²) in [6.45, 7) is 1.75. The molecular weight excluding hydrogens is 304 g/mol. The van der Waals surface area contributed by atoms with Crippen LogP contribution in [0.3, 0.4) is 0 Å². The third kappa shape index (κ3) is 2.84. The molecule has 0 unspecified atom stereocenters. The number of ether oxygens (including phenoxy) is 1. The van der Waals surface area contributed by atoms with E-state index in [-0.39, 0.29) is 17.7 Å². The maximum absolute atomic E-state index is 11.7. The van der Waals surface area contributed by atoms with Gasteiger partial charge in [-0.1, -0.05) is 15.9 Å². The number of esters is 1. The largest absolute Gasteiger partial charge is 0.462 e. The van der Waals surface area contributed by atoms with Crippen molar-refractivity contribution in [3.63, 3.8) is 0 Å². The number of nitrogens with zero attached hydrogens (tertiary/aromatic N) is 2. The third-order valence-corrected chi connectivity index (χ3v) is 2.78. The van der Waals surface area contributed by atoms with E-state index in [9.17, 15) is 14.9 Å². The van der Waals surface area contributed by atoms with E-state index < -0.39 is 16.6 Å². The molecule has 0 N–H and O–H groups in total. The summed E-state index contributed by atoms with van der Waals surface area (Å²) in [5, 5.41) is 20.2. The molecule has 0 bridgehead atoms. The minimum atomic E-state index is -0.736. The molecule has 0 radical (unpaired) electrons. The highest BCUT2D eigenvalue weighted by Crippen LogP contribution is 2.26. The Kier molecular flexibility index (Phi) is 4.80. The molecule has 0 atom stereocenters. The van der Waals surface area contributed by atoms with E-state index in [2.05, 4.69) is 15.9 Å². The Labute approximate surface area is 111 Å². The van der Waals surface area contributed by atoms with Gasteiger partial charge in [-0.25, -0.2) is 4.79 Å². The molecule has 0 heterocycles. The van der Waals surface area contributed by atoms with Gasteiger partial charge in [-0.2, -0.15) is 5.26 Å². The molecule has 0 saturated heterocycles. The van der Waals surface area contributed by atoms with Crippen LogP contribution in [0.1, 0.15) is 28.4 Å². The van der Waals surface area contributed by atoms with Crippen LogP contribution >= 0.6 is 15.9 Å². The van der Waals surface area contributed by atoms with E-state index in [4.69, 9.17) is 10.00 Å². The van der Waals surface area contributed by atoms with Crippen molar-refractivity contribution in [3.05, 3.63) is 38.9 Å². The lowest BCUT2D eigenvalue weighted by molar-refractivity contribution is -0.385. The highest BCUT2D eigenvalue weighted by atomic mass is 79.9. The molecule has 6 nitrogen and oxygen atoms in total. The number of alkyl halides is 1. The molecule has 1 rings (SSSR count). The molecule has 0 aliphatic carbocycles. The zero-order valence-corrected chi connectivity index (χ0v) is 11.1. The van der Waals surface area contributed by atoms with Crippen LogP contribution in [0.4, 0.5) is 5.69 Å². The second-order valence-electron chi connectivity index (χ2n) is 3.26. The summed E-state index contributed by atoms with van der Waals surface area (Å²) < 4.78 is 4.78. The SMILES string of the molecule is CCOC(=O)c1cc(CBr)cc([N+](=O)[O-])c1C#N. The van der Waals surface area contributed by atoms with Gasteiger partial charge in [-0.05, 0) is 18.6 Å². The lowest BCUT2D eigenvalue weighted by Gasteiger charge is -2.06. The molecule has 18 heavy (non-hydrogen) atoms. The van der Waals surface area contributed by atoms with Gasteiger partial charge in [0.15, 0.2) is 0 Å². The number of nitro benzene ring substituents is 1. The van der Waals surface area contributed by atoms with E-state index in [1.54, 1.807) is 13.0 Å². The van der Waals surface area contributed by atoms with Gasteiger partial charge in [-0.3, -0.25) is 10.1 Å². The molecule has 94 valence electrons. The summed E-state index contributed by atoms with van der Waals surface area (Å²) in [6, 6.07) is 4.35. The monoisotopic (exact) mass is 312 g/mol. The second kappa shape index (κ2) is 6.12. The topological polar surface area (TPSA) is 93.2 Å². The van der Waals surface area contributed by atoms with E-state index in [0.29, 0.717) is 10.9 Å². The number of carbonyl (C=O) groups is 1. The fraction of sp³-hybridized carbons (Fsp3) is 0.273. The van der Waals surface area contributed by atoms with Crippen molar-refractivity contribution < 1.29 is 14.5 Å². The predicted molar refractivity (Wildman–Crippen MR) is 66.4 cm³/mol. The number of nitriles is 1. The zero-order valence-electron chi connectivity index (χ0n) is 9.47. The van der Waals surface area contributed by atoms with Crippen molar-refractivity contribution in [1.82, 2.24) is 0 Å². The predicted octanol–water partition coefficient (Wildman–Crippen LogP) is 2.54. The fourth-order valence-electron chi connectivity index (χ4n) is 1.39. The summed E-state index contributed by atoms with van der Waals surface area (Å²) in [7, 11) is 0. The van der Waals surface area contributed by atoms with Crippen LogP contribution in [-0.2, 0) is 10.1 Å². The Morgan fingerprint density at radius 2 is 2.28 bits per heavy atom. The van der Waals surface area contributed by atoms with Gasteiger partial charge >= 0.3 is 5.97 Å². The van der Waals surface area contributed by atoms with Crippen LogP contribution in [0, 0.1) is 21.4 Å².